The molecule has 0 heterocycles. The molecular weight excluding hydrogens is 217 g/mol. The van der Waals surface area contributed by atoms with Gasteiger partial charge in [0, 0.05) is 5.56 Å². The summed E-state index contributed by atoms with van der Waals surface area (Å²) in [7, 11) is 0. The van der Waals surface area contributed by atoms with E-state index in [4.69, 9.17) is 0 Å². The molecule has 0 bridgehead atoms. The Morgan fingerprint density at radius 3 is 2.44 bits per heavy atom. The van der Waals surface area contributed by atoms with Crippen molar-refractivity contribution in [3.05, 3.63) is 47.5 Å². The fraction of sp³-hybridized carbons (Fsp3) is 0.0833. The predicted octanol–water partition coefficient (Wildman–Crippen LogP) is 3.67. The number of benzene rings is 2. The summed E-state index contributed by atoms with van der Waals surface area (Å²) in [5.74, 6) is 0. The van der Waals surface area contributed by atoms with E-state index in [1.54, 1.807) is 18.2 Å². The lowest BCUT2D eigenvalue weighted by atomic mass is 10.0. The molecule has 0 N–H and O–H groups in total. The Hall–Kier alpha value is -1.84. The van der Waals surface area contributed by atoms with E-state index in [1.165, 1.54) is 6.07 Å². The van der Waals surface area contributed by atoms with Crippen molar-refractivity contribution >= 4 is 17.1 Å². The Bertz CT molecular complexity index is 543. The lowest BCUT2D eigenvalue weighted by Gasteiger charge is -2.08. The largest absolute Gasteiger partial charge is 0.416 e. The van der Waals surface area contributed by atoms with Gasteiger partial charge in [0.25, 0.3) is 0 Å². The van der Waals surface area contributed by atoms with Gasteiger partial charge in [0.2, 0.25) is 0 Å². The molecule has 0 atom stereocenters. The molecule has 4 heteroatoms. The van der Waals surface area contributed by atoms with Crippen LogP contribution in [0.3, 0.4) is 0 Å². The summed E-state index contributed by atoms with van der Waals surface area (Å²) in [5.41, 5.74) is -0.311. The number of rotatable bonds is 1. The number of carbonyl (C=O) groups is 1. The third-order valence-corrected chi connectivity index (χ3v) is 2.37. The zero-order valence-electron chi connectivity index (χ0n) is 8.08. The zero-order chi connectivity index (χ0) is 11.8. The van der Waals surface area contributed by atoms with Crippen LogP contribution in [0.5, 0.6) is 0 Å². The molecule has 16 heavy (non-hydrogen) atoms. The van der Waals surface area contributed by atoms with Gasteiger partial charge in [0.05, 0.1) is 5.56 Å². The average molecular weight is 224 g/mol. The van der Waals surface area contributed by atoms with Crippen LogP contribution >= 0.6 is 0 Å². The molecule has 0 aliphatic rings. The highest BCUT2D eigenvalue weighted by Crippen LogP contribution is 2.31. The SMILES string of the molecule is O=Cc1cccc2cc(C(F)(F)F)ccc12. The van der Waals surface area contributed by atoms with Crippen LogP contribution < -0.4 is 0 Å². The van der Waals surface area contributed by atoms with Crippen LogP contribution in [0.1, 0.15) is 15.9 Å². The van der Waals surface area contributed by atoms with Gasteiger partial charge >= 0.3 is 6.18 Å². The molecule has 0 aliphatic heterocycles. The Morgan fingerprint density at radius 1 is 1.06 bits per heavy atom. The molecule has 0 unspecified atom stereocenters. The Morgan fingerprint density at radius 2 is 1.81 bits per heavy atom. The van der Waals surface area contributed by atoms with Gasteiger partial charge in [-0.15, -0.1) is 0 Å². The van der Waals surface area contributed by atoms with Gasteiger partial charge < -0.3 is 0 Å². The second-order valence-corrected chi connectivity index (χ2v) is 3.40. The first-order chi connectivity index (χ1) is 7.52. The first-order valence-corrected chi connectivity index (χ1v) is 4.57. The van der Waals surface area contributed by atoms with Gasteiger partial charge in [-0.1, -0.05) is 24.3 Å². The monoisotopic (exact) mass is 224 g/mol. The number of hydrogen-bond donors (Lipinski definition) is 0. The van der Waals surface area contributed by atoms with Crippen LogP contribution in [0, 0.1) is 0 Å². The van der Waals surface area contributed by atoms with E-state index >= 15 is 0 Å². The number of carbonyl (C=O) groups excluding carboxylic acids is 1. The first kappa shape index (κ1) is 10.7. The maximum Gasteiger partial charge on any atom is 0.416 e. The molecule has 2 rings (SSSR count). The number of aldehydes is 1. The van der Waals surface area contributed by atoms with E-state index in [-0.39, 0.29) is 0 Å². The van der Waals surface area contributed by atoms with Gasteiger partial charge in [-0.3, -0.25) is 4.79 Å². The molecule has 0 amide bonds. The van der Waals surface area contributed by atoms with Gasteiger partial charge in [0.15, 0.2) is 6.29 Å². The molecule has 0 saturated heterocycles. The highest BCUT2D eigenvalue weighted by Gasteiger charge is 2.30. The number of halogens is 3. The smallest absolute Gasteiger partial charge is 0.298 e. The summed E-state index contributed by atoms with van der Waals surface area (Å²) in [6.45, 7) is 0. The minimum atomic E-state index is -4.36. The fourth-order valence-electron chi connectivity index (χ4n) is 1.59. The Labute approximate surface area is 89.5 Å². The molecular formula is C12H7F3O. The highest BCUT2D eigenvalue weighted by molar-refractivity contribution is 5.98. The van der Waals surface area contributed by atoms with Crippen LogP contribution in [-0.2, 0) is 6.18 Å². The standard InChI is InChI=1S/C12H7F3O/c13-12(14,15)10-4-5-11-8(6-10)2-1-3-9(11)7-16/h1-7H. The Kier molecular flexibility index (Phi) is 2.42. The van der Waals surface area contributed by atoms with Crippen molar-refractivity contribution in [2.75, 3.05) is 0 Å². The average Bonchev–Trinajstić information content (AvgIpc) is 2.26. The molecule has 0 aliphatic carbocycles. The molecule has 0 radical (unpaired) electrons. The second-order valence-electron chi connectivity index (χ2n) is 3.40. The van der Waals surface area contributed by atoms with Crippen LogP contribution in [0.2, 0.25) is 0 Å². The third-order valence-electron chi connectivity index (χ3n) is 2.37. The van der Waals surface area contributed by atoms with E-state index in [0.717, 1.165) is 12.1 Å². The minimum Gasteiger partial charge on any atom is -0.298 e. The fourth-order valence-corrected chi connectivity index (χ4v) is 1.59. The Balaban J connectivity index is 2.69. The first-order valence-electron chi connectivity index (χ1n) is 4.57. The minimum absolute atomic E-state index is 0.395. The molecule has 0 spiro atoms. The van der Waals surface area contributed by atoms with Crippen LogP contribution in [-0.4, -0.2) is 6.29 Å². The van der Waals surface area contributed by atoms with Crippen molar-refractivity contribution in [3.8, 4) is 0 Å². The van der Waals surface area contributed by atoms with E-state index in [1.807, 2.05) is 0 Å². The third kappa shape index (κ3) is 1.78. The van der Waals surface area contributed by atoms with Crippen molar-refractivity contribution in [3.63, 3.8) is 0 Å². The summed E-state index contributed by atoms with van der Waals surface area (Å²) in [5, 5.41) is 0.949. The molecule has 0 saturated carbocycles. The summed E-state index contributed by atoms with van der Waals surface area (Å²) in [6.07, 6.45) is -3.72. The van der Waals surface area contributed by atoms with Crippen molar-refractivity contribution < 1.29 is 18.0 Å². The summed E-state index contributed by atoms with van der Waals surface area (Å²) in [6, 6.07) is 8.03. The second kappa shape index (κ2) is 3.63. The molecule has 2 aromatic carbocycles. The van der Waals surface area contributed by atoms with Crippen LogP contribution in [0.25, 0.3) is 10.8 Å². The van der Waals surface area contributed by atoms with Gasteiger partial charge in [0.1, 0.15) is 0 Å². The summed E-state index contributed by atoms with van der Waals surface area (Å²) >= 11 is 0. The van der Waals surface area contributed by atoms with E-state index in [2.05, 4.69) is 0 Å². The number of alkyl halides is 3. The zero-order valence-corrected chi connectivity index (χ0v) is 8.08. The van der Waals surface area contributed by atoms with E-state index in [9.17, 15) is 18.0 Å². The highest BCUT2D eigenvalue weighted by atomic mass is 19.4. The summed E-state index contributed by atoms with van der Waals surface area (Å²) in [4.78, 5) is 10.7. The quantitative estimate of drug-likeness (QED) is 0.675. The van der Waals surface area contributed by atoms with Crippen LogP contribution in [0.15, 0.2) is 36.4 Å². The van der Waals surface area contributed by atoms with E-state index in [0.29, 0.717) is 22.6 Å². The normalized spacial score (nSPS) is 11.7. The number of hydrogen-bond acceptors (Lipinski definition) is 1. The molecule has 0 fully saturated rings. The van der Waals surface area contributed by atoms with Crippen molar-refractivity contribution in [1.29, 1.82) is 0 Å². The van der Waals surface area contributed by atoms with Crippen LogP contribution in [0.4, 0.5) is 13.2 Å². The predicted molar refractivity (Wildman–Crippen MR) is 54.3 cm³/mol. The molecule has 1 nitrogen and oxygen atoms in total. The van der Waals surface area contributed by atoms with Gasteiger partial charge in [-0.05, 0) is 22.9 Å². The maximum absolute atomic E-state index is 12.4. The maximum atomic E-state index is 12.4. The summed E-state index contributed by atoms with van der Waals surface area (Å²) < 4.78 is 37.3. The molecule has 82 valence electrons. The van der Waals surface area contributed by atoms with Gasteiger partial charge in [-0.2, -0.15) is 13.2 Å². The number of fused-ring (bicyclic) bond motifs is 1. The topological polar surface area (TPSA) is 17.1 Å². The van der Waals surface area contributed by atoms with Crippen molar-refractivity contribution in [2.45, 2.75) is 6.18 Å². The lowest BCUT2D eigenvalue weighted by Crippen LogP contribution is -2.04. The molecule has 2 aromatic rings. The lowest BCUT2D eigenvalue weighted by molar-refractivity contribution is -0.137. The van der Waals surface area contributed by atoms with Crippen molar-refractivity contribution in [2.24, 2.45) is 0 Å². The van der Waals surface area contributed by atoms with Gasteiger partial charge in [-0.25, -0.2) is 0 Å². The molecule has 0 aromatic heterocycles. The van der Waals surface area contributed by atoms with E-state index < -0.39 is 11.7 Å². The van der Waals surface area contributed by atoms with Crippen molar-refractivity contribution in [1.82, 2.24) is 0 Å².